The maximum Gasteiger partial charge on any atom is 0.243 e. The smallest absolute Gasteiger partial charge is 0.243 e. The fourth-order valence-electron chi connectivity index (χ4n) is 5.01. The molecule has 0 atom stereocenters. The van der Waals surface area contributed by atoms with E-state index in [1.807, 2.05) is 72.8 Å². The summed E-state index contributed by atoms with van der Waals surface area (Å²) < 4.78 is 24.7. The van der Waals surface area contributed by atoms with E-state index in [9.17, 15) is 9.59 Å². The summed E-state index contributed by atoms with van der Waals surface area (Å²) in [7, 11) is -3.54. The van der Waals surface area contributed by atoms with Gasteiger partial charge in [-0.3, -0.25) is 9.59 Å². The summed E-state index contributed by atoms with van der Waals surface area (Å²) in [6.07, 6.45) is 6.97. The molecule has 0 aliphatic carbocycles. The average Bonchev–Trinajstić information content (AvgIpc) is 3.12. The summed E-state index contributed by atoms with van der Waals surface area (Å²) in [6, 6.07) is 23.6. The van der Waals surface area contributed by atoms with Crippen molar-refractivity contribution in [2.24, 2.45) is 0 Å². The molecule has 0 fully saturated rings. The van der Waals surface area contributed by atoms with Crippen molar-refractivity contribution >= 4 is 34.5 Å². The number of carbonyl (C=O) groups is 2. The SMILES string of the molecule is CC(C)(C)[Si](C)(C)OCCCCNC(=O)/C=C/c1ccc(OCc2ccc(OCc3ccccc3)cc2)c(CC(=O)NCCCCO[Si](C)(C)C(C)(C)C)c1. The van der Waals surface area contributed by atoms with Gasteiger partial charge in [0.05, 0.1) is 6.42 Å². The van der Waals surface area contributed by atoms with E-state index in [-0.39, 0.29) is 28.3 Å². The van der Waals surface area contributed by atoms with Gasteiger partial charge >= 0.3 is 0 Å². The third-order valence-corrected chi connectivity index (χ3v) is 19.8. The van der Waals surface area contributed by atoms with Gasteiger partial charge in [-0.25, -0.2) is 0 Å². The largest absolute Gasteiger partial charge is 0.489 e. The monoisotopic (exact) mass is 788 g/mol. The maximum absolute atomic E-state index is 13.1. The molecular formula is C45H68N2O6Si2. The van der Waals surface area contributed by atoms with Crippen molar-refractivity contribution in [2.75, 3.05) is 26.3 Å². The van der Waals surface area contributed by atoms with Gasteiger partial charge < -0.3 is 29.0 Å². The summed E-state index contributed by atoms with van der Waals surface area (Å²) in [6.45, 7) is 25.9. The first-order valence-corrected chi connectivity index (χ1v) is 25.7. The Balaban J connectivity index is 1.56. The Kier molecular flexibility index (Phi) is 17.9. The second-order valence-corrected chi connectivity index (χ2v) is 27.0. The molecule has 0 aliphatic rings. The van der Waals surface area contributed by atoms with Gasteiger partial charge in [-0.05, 0) is 109 Å². The number of benzene rings is 3. The number of hydrogen-bond acceptors (Lipinski definition) is 6. The molecular weight excluding hydrogens is 721 g/mol. The molecule has 0 aliphatic heterocycles. The molecule has 55 heavy (non-hydrogen) atoms. The van der Waals surface area contributed by atoms with Crippen LogP contribution in [0.25, 0.3) is 6.08 Å². The zero-order valence-corrected chi connectivity index (χ0v) is 37.3. The number of rotatable bonds is 22. The molecule has 0 aromatic heterocycles. The first-order chi connectivity index (χ1) is 25.9. The predicted octanol–water partition coefficient (Wildman–Crippen LogP) is 10.2. The molecule has 0 bridgehead atoms. The van der Waals surface area contributed by atoms with Gasteiger partial charge in [0, 0.05) is 37.9 Å². The molecule has 3 rings (SSSR count). The zero-order chi connectivity index (χ0) is 40.5. The van der Waals surface area contributed by atoms with Gasteiger partial charge in [0.15, 0.2) is 16.6 Å². The fourth-order valence-corrected chi connectivity index (χ4v) is 7.19. The highest BCUT2D eigenvalue weighted by molar-refractivity contribution is 6.74. The molecule has 0 radical (unpaired) electrons. The number of hydrogen-bond donors (Lipinski definition) is 2. The second-order valence-electron chi connectivity index (χ2n) is 17.4. The van der Waals surface area contributed by atoms with E-state index in [0.717, 1.165) is 53.7 Å². The lowest BCUT2D eigenvalue weighted by molar-refractivity contribution is -0.120. The number of nitrogens with one attached hydrogen (secondary N) is 2. The van der Waals surface area contributed by atoms with Crippen LogP contribution >= 0.6 is 0 Å². The third kappa shape index (κ3) is 16.5. The normalized spacial score (nSPS) is 12.5. The first kappa shape index (κ1) is 45.7. The van der Waals surface area contributed by atoms with Crippen LogP contribution in [0, 0.1) is 0 Å². The van der Waals surface area contributed by atoms with Crippen molar-refractivity contribution in [1.82, 2.24) is 10.6 Å². The molecule has 0 unspecified atom stereocenters. The van der Waals surface area contributed by atoms with E-state index >= 15 is 0 Å². The number of unbranched alkanes of at least 4 members (excludes halogenated alkanes) is 2. The van der Waals surface area contributed by atoms with E-state index in [1.165, 1.54) is 0 Å². The number of ether oxygens (including phenoxy) is 2. The quantitative estimate of drug-likeness (QED) is 0.0598. The second kappa shape index (κ2) is 21.6. The Hall–Kier alpha value is -3.71. The lowest BCUT2D eigenvalue weighted by Crippen LogP contribution is -2.41. The zero-order valence-electron chi connectivity index (χ0n) is 35.3. The average molecular weight is 789 g/mol. The van der Waals surface area contributed by atoms with Gasteiger partial charge in [0.2, 0.25) is 11.8 Å². The Labute approximate surface area is 334 Å². The Morgan fingerprint density at radius 2 is 1.20 bits per heavy atom. The first-order valence-electron chi connectivity index (χ1n) is 19.9. The van der Waals surface area contributed by atoms with Crippen molar-refractivity contribution in [1.29, 1.82) is 0 Å². The third-order valence-electron chi connectivity index (χ3n) is 10.7. The predicted molar refractivity (Wildman–Crippen MR) is 232 cm³/mol. The van der Waals surface area contributed by atoms with E-state index < -0.39 is 16.6 Å². The summed E-state index contributed by atoms with van der Waals surface area (Å²) in [5, 5.41) is 6.41. The standard InChI is InChI=1S/C45H68N2O6Si2/c1-44(2,3)54(7,8)52-30-16-14-28-46-42(48)27-23-36-22-26-41(51-35-38-20-24-40(25-21-38)50-34-37-18-12-11-13-19-37)39(32-36)33-43(49)47-29-15-17-31-53-55(9,10)45(4,5)6/h11-13,18-27,32H,14-17,28-31,33-35H2,1-10H3,(H,46,48)(H,47,49)/b27-23+. The highest BCUT2D eigenvalue weighted by Crippen LogP contribution is 2.37. The van der Waals surface area contributed by atoms with Gasteiger partial charge in [0.25, 0.3) is 0 Å². The van der Waals surface area contributed by atoms with Crippen molar-refractivity contribution in [2.45, 2.75) is 123 Å². The van der Waals surface area contributed by atoms with Crippen LogP contribution in [-0.4, -0.2) is 54.8 Å². The molecule has 8 nitrogen and oxygen atoms in total. The molecule has 2 amide bonds. The van der Waals surface area contributed by atoms with E-state index in [2.05, 4.69) is 78.4 Å². The van der Waals surface area contributed by atoms with E-state index in [0.29, 0.717) is 45.3 Å². The van der Waals surface area contributed by atoms with Crippen LogP contribution < -0.4 is 20.1 Å². The van der Waals surface area contributed by atoms with Crippen molar-refractivity contribution < 1.29 is 27.9 Å². The minimum absolute atomic E-state index is 0.0773. The molecule has 0 heterocycles. The summed E-state index contributed by atoms with van der Waals surface area (Å²) in [4.78, 5) is 25.8. The Morgan fingerprint density at radius 3 is 1.78 bits per heavy atom. The van der Waals surface area contributed by atoms with Crippen molar-refractivity contribution in [3.63, 3.8) is 0 Å². The van der Waals surface area contributed by atoms with Gasteiger partial charge in [0.1, 0.15) is 24.7 Å². The van der Waals surface area contributed by atoms with Crippen molar-refractivity contribution in [3.05, 3.63) is 101 Å². The van der Waals surface area contributed by atoms with Crippen LogP contribution in [0.4, 0.5) is 0 Å². The highest BCUT2D eigenvalue weighted by Gasteiger charge is 2.37. The molecule has 0 saturated heterocycles. The molecule has 302 valence electrons. The van der Waals surface area contributed by atoms with E-state index in [4.69, 9.17) is 18.3 Å². The topological polar surface area (TPSA) is 95.1 Å². The maximum atomic E-state index is 13.1. The van der Waals surface area contributed by atoms with Crippen LogP contribution in [-0.2, 0) is 38.1 Å². The van der Waals surface area contributed by atoms with Gasteiger partial charge in [-0.15, -0.1) is 0 Å². The van der Waals surface area contributed by atoms with Crippen LogP contribution in [0.3, 0.4) is 0 Å². The molecule has 0 spiro atoms. The van der Waals surface area contributed by atoms with Crippen LogP contribution in [0.1, 0.15) is 89.5 Å². The van der Waals surface area contributed by atoms with Crippen molar-refractivity contribution in [3.8, 4) is 11.5 Å². The lowest BCUT2D eigenvalue weighted by atomic mass is 10.1. The molecule has 10 heteroatoms. The van der Waals surface area contributed by atoms with E-state index in [1.54, 1.807) is 12.2 Å². The lowest BCUT2D eigenvalue weighted by Gasteiger charge is -2.36. The van der Waals surface area contributed by atoms with Gasteiger partial charge in [-0.2, -0.15) is 0 Å². The molecule has 3 aromatic carbocycles. The minimum Gasteiger partial charge on any atom is -0.489 e. The molecule has 2 N–H and O–H groups in total. The fraction of sp³-hybridized carbons (Fsp3) is 0.511. The Morgan fingerprint density at radius 1 is 0.655 bits per heavy atom. The Bertz CT molecular complexity index is 1640. The molecule has 3 aromatic rings. The molecule has 0 saturated carbocycles. The van der Waals surface area contributed by atoms with Crippen LogP contribution in [0.15, 0.2) is 78.9 Å². The summed E-state index contributed by atoms with van der Waals surface area (Å²) >= 11 is 0. The highest BCUT2D eigenvalue weighted by atomic mass is 28.4. The number of amides is 2. The number of carbonyl (C=O) groups excluding carboxylic acids is 2. The summed E-state index contributed by atoms with van der Waals surface area (Å²) in [5.74, 6) is 1.18. The van der Waals surface area contributed by atoms with Gasteiger partial charge in [-0.1, -0.05) is 90.1 Å². The van der Waals surface area contributed by atoms with Crippen LogP contribution in [0.5, 0.6) is 11.5 Å². The van der Waals surface area contributed by atoms with Crippen LogP contribution in [0.2, 0.25) is 36.3 Å². The summed E-state index contributed by atoms with van der Waals surface area (Å²) in [5.41, 5.74) is 3.66. The minimum atomic E-state index is -1.78.